The van der Waals surface area contributed by atoms with Crippen molar-refractivity contribution in [3.63, 3.8) is 0 Å². The van der Waals surface area contributed by atoms with Crippen LogP contribution in [0.15, 0.2) is 48.6 Å². The minimum Gasteiger partial charge on any atom is -0.504 e. The van der Waals surface area contributed by atoms with Crippen molar-refractivity contribution in [2.24, 2.45) is 0 Å². The number of phenolic OH excluding ortho intramolecular Hbond substituents is 2. The average molecular weight is 707 g/mol. The van der Waals surface area contributed by atoms with E-state index in [2.05, 4.69) is 0 Å². The third-order valence-electron chi connectivity index (χ3n) is 7.56. The highest BCUT2D eigenvalue weighted by Crippen LogP contribution is 2.32. The summed E-state index contributed by atoms with van der Waals surface area (Å²) >= 11 is 0. The van der Waals surface area contributed by atoms with Crippen LogP contribution in [0.5, 0.6) is 23.0 Å². The molecule has 50 heavy (non-hydrogen) atoms. The summed E-state index contributed by atoms with van der Waals surface area (Å²) in [4.78, 5) is 36.6. The topological polar surface area (TPSA) is 246 Å². The Hall–Kier alpha value is -4.75. The Balaban J connectivity index is 1.43. The first-order chi connectivity index (χ1) is 23.8. The number of aliphatic hydroxyl groups is 4. The van der Waals surface area contributed by atoms with Crippen LogP contribution in [0.2, 0.25) is 0 Å². The number of hydrogen-bond donors (Lipinski definition) is 6. The van der Waals surface area contributed by atoms with Crippen molar-refractivity contribution in [2.75, 3.05) is 27.4 Å². The predicted octanol–water partition coefficient (Wildman–Crippen LogP) is -0.230. The lowest BCUT2D eigenvalue weighted by Gasteiger charge is -2.40. The van der Waals surface area contributed by atoms with Gasteiger partial charge in [-0.25, -0.2) is 9.59 Å². The number of aliphatic hydroxyl groups excluding tert-OH is 4. The molecule has 2 heterocycles. The van der Waals surface area contributed by atoms with Crippen LogP contribution in [0.4, 0.5) is 0 Å². The van der Waals surface area contributed by atoms with Gasteiger partial charge in [-0.15, -0.1) is 0 Å². The lowest BCUT2D eigenvalue weighted by Crippen LogP contribution is -2.60. The third kappa shape index (κ3) is 9.69. The summed E-state index contributed by atoms with van der Waals surface area (Å²) in [5.74, 6) is -2.42. The van der Waals surface area contributed by atoms with E-state index in [1.54, 1.807) is 0 Å². The molecule has 0 saturated carbocycles. The van der Waals surface area contributed by atoms with Gasteiger partial charge < -0.3 is 68.5 Å². The SMILES string of the molecule is COc1cc(C=CC(=O)OCC2OC(OC3OC(COC(C)=O)C(O)C3OC(=O)C=Cc3ccc(O)c(OC)c3)C(O)C(O)C2O)ccc1O. The molecule has 2 aliphatic rings. The van der Waals surface area contributed by atoms with Crippen molar-refractivity contribution in [3.8, 4) is 23.0 Å². The molecule has 2 aliphatic heterocycles. The Kier molecular flexibility index (Phi) is 13.1. The molecule has 17 heteroatoms. The van der Waals surface area contributed by atoms with Gasteiger partial charge in [0.2, 0.25) is 6.29 Å². The normalized spacial score (nSPS) is 28.0. The highest BCUT2D eigenvalue weighted by Gasteiger charge is 2.52. The molecule has 2 aromatic carbocycles. The predicted molar refractivity (Wildman–Crippen MR) is 167 cm³/mol. The Morgan fingerprint density at radius 1 is 0.700 bits per heavy atom. The first-order valence-corrected chi connectivity index (χ1v) is 15.1. The van der Waals surface area contributed by atoms with Gasteiger partial charge in [-0.2, -0.15) is 0 Å². The van der Waals surface area contributed by atoms with Crippen molar-refractivity contribution in [1.82, 2.24) is 0 Å². The van der Waals surface area contributed by atoms with Crippen LogP contribution in [0, 0.1) is 0 Å². The molecule has 0 radical (unpaired) electrons. The van der Waals surface area contributed by atoms with Crippen LogP contribution in [0.25, 0.3) is 12.2 Å². The quantitative estimate of drug-likeness (QED) is 0.0894. The summed E-state index contributed by atoms with van der Waals surface area (Å²) in [5.41, 5.74) is 0.948. The van der Waals surface area contributed by atoms with Crippen LogP contribution in [-0.2, 0) is 42.8 Å². The molecule has 0 amide bonds. The fraction of sp³-hybridized carbons (Fsp3) is 0.424. The second-order valence-electron chi connectivity index (χ2n) is 11.0. The number of carbonyl (C=O) groups is 3. The fourth-order valence-electron chi connectivity index (χ4n) is 4.88. The third-order valence-corrected chi connectivity index (χ3v) is 7.56. The number of carbonyl (C=O) groups excluding carboxylic acids is 3. The first kappa shape index (κ1) is 38.1. The molecule has 272 valence electrons. The van der Waals surface area contributed by atoms with Gasteiger partial charge >= 0.3 is 17.9 Å². The van der Waals surface area contributed by atoms with E-state index in [9.17, 15) is 45.0 Å². The number of benzene rings is 2. The maximum absolute atomic E-state index is 12.8. The molecule has 4 rings (SSSR count). The number of rotatable bonds is 13. The molecule has 9 unspecified atom stereocenters. The van der Waals surface area contributed by atoms with Gasteiger partial charge in [-0.3, -0.25) is 4.79 Å². The number of aromatic hydroxyl groups is 2. The summed E-state index contributed by atoms with van der Waals surface area (Å²) in [6.45, 7) is 0.0511. The monoisotopic (exact) mass is 706 g/mol. The number of ether oxygens (including phenoxy) is 8. The second kappa shape index (κ2) is 17.3. The molecule has 17 nitrogen and oxygen atoms in total. The molecule has 0 spiro atoms. The van der Waals surface area contributed by atoms with Crippen molar-refractivity contribution >= 4 is 30.1 Å². The van der Waals surface area contributed by atoms with Crippen LogP contribution in [-0.4, -0.2) is 131 Å². The van der Waals surface area contributed by atoms with Gasteiger partial charge in [0, 0.05) is 19.1 Å². The van der Waals surface area contributed by atoms with Gasteiger partial charge in [-0.1, -0.05) is 12.1 Å². The Bertz CT molecular complexity index is 1560. The summed E-state index contributed by atoms with van der Waals surface area (Å²) in [6.07, 6.45) is -10.0. The molecule has 0 aromatic heterocycles. The van der Waals surface area contributed by atoms with Crippen molar-refractivity contribution in [3.05, 3.63) is 59.7 Å². The van der Waals surface area contributed by atoms with Gasteiger partial charge in [0.25, 0.3) is 0 Å². The maximum atomic E-state index is 12.8. The molecule has 9 atom stereocenters. The van der Waals surface area contributed by atoms with E-state index in [0.717, 1.165) is 19.1 Å². The fourth-order valence-corrected chi connectivity index (χ4v) is 4.88. The molecular formula is C33H38O17. The second-order valence-corrected chi connectivity index (χ2v) is 11.0. The molecule has 0 bridgehead atoms. The molecule has 2 saturated heterocycles. The van der Waals surface area contributed by atoms with Crippen LogP contribution >= 0.6 is 0 Å². The van der Waals surface area contributed by atoms with E-state index in [0.29, 0.717) is 11.1 Å². The number of methoxy groups -OCH3 is 2. The zero-order chi connectivity index (χ0) is 36.5. The van der Waals surface area contributed by atoms with E-state index < -0.39 is 86.4 Å². The summed E-state index contributed by atoms with van der Waals surface area (Å²) in [7, 11) is 2.71. The van der Waals surface area contributed by atoms with Crippen LogP contribution in [0.1, 0.15) is 18.1 Å². The summed E-state index contributed by atoms with van der Waals surface area (Å²) in [6, 6.07) is 8.65. The minimum atomic E-state index is -1.89. The zero-order valence-corrected chi connectivity index (χ0v) is 27.1. The van der Waals surface area contributed by atoms with E-state index in [1.807, 2.05) is 0 Å². The largest absolute Gasteiger partial charge is 0.504 e. The zero-order valence-electron chi connectivity index (χ0n) is 27.1. The van der Waals surface area contributed by atoms with E-state index >= 15 is 0 Å². The molecule has 6 N–H and O–H groups in total. The average Bonchev–Trinajstić information content (AvgIpc) is 3.38. The molecule has 0 aliphatic carbocycles. The Labute approximate surface area is 285 Å². The number of phenols is 2. The Morgan fingerprint density at radius 3 is 1.78 bits per heavy atom. The summed E-state index contributed by atoms with van der Waals surface area (Å²) < 4.78 is 42.4. The summed E-state index contributed by atoms with van der Waals surface area (Å²) in [5, 5.41) is 62.1. The van der Waals surface area contributed by atoms with Gasteiger partial charge in [0.15, 0.2) is 35.4 Å². The highest BCUT2D eigenvalue weighted by molar-refractivity contribution is 5.88. The number of esters is 3. The highest BCUT2D eigenvalue weighted by atomic mass is 16.8. The lowest BCUT2D eigenvalue weighted by molar-refractivity contribution is -0.342. The van der Waals surface area contributed by atoms with Crippen molar-refractivity contribution in [2.45, 2.75) is 62.2 Å². The van der Waals surface area contributed by atoms with E-state index in [-0.39, 0.29) is 23.0 Å². The molecule has 2 aromatic rings. The first-order valence-electron chi connectivity index (χ1n) is 15.1. The van der Waals surface area contributed by atoms with E-state index in [4.69, 9.17) is 37.9 Å². The Morgan fingerprint density at radius 2 is 1.22 bits per heavy atom. The smallest absolute Gasteiger partial charge is 0.331 e. The van der Waals surface area contributed by atoms with E-state index in [1.165, 1.54) is 62.8 Å². The number of hydrogen-bond acceptors (Lipinski definition) is 17. The van der Waals surface area contributed by atoms with Crippen LogP contribution < -0.4 is 9.47 Å². The minimum absolute atomic E-state index is 0.0982. The lowest BCUT2D eigenvalue weighted by atomic mass is 9.99. The van der Waals surface area contributed by atoms with Crippen molar-refractivity contribution in [1.29, 1.82) is 0 Å². The molecular weight excluding hydrogens is 668 g/mol. The standard InChI is InChI=1S/C33H38O17/c1-16(34)45-14-24-28(40)31(49-26(38)11-7-18-5-9-20(36)22(13-18)44-3)33(48-24)50-32-30(42)29(41)27(39)23(47-32)15-46-25(37)10-6-17-4-8-19(35)21(12-17)43-2/h4-13,23-24,27-33,35-36,39-42H,14-15H2,1-3H3. The van der Waals surface area contributed by atoms with Crippen molar-refractivity contribution < 1.29 is 82.9 Å². The van der Waals surface area contributed by atoms with Gasteiger partial charge in [0.1, 0.15) is 49.8 Å². The van der Waals surface area contributed by atoms with Crippen LogP contribution in [0.3, 0.4) is 0 Å². The van der Waals surface area contributed by atoms with Gasteiger partial charge in [-0.05, 0) is 47.5 Å². The maximum Gasteiger partial charge on any atom is 0.331 e. The molecule has 2 fully saturated rings. The van der Waals surface area contributed by atoms with Gasteiger partial charge in [0.05, 0.1) is 14.2 Å².